The van der Waals surface area contributed by atoms with Gasteiger partial charge in [-0.25, -0.2) is 0 Å². The molecule has 0 aliphatic heterocycles. The summed E-state index contributed by atoms with van der Waals surface area (Å²) >= 11 is 3.74. The SMILES string of the molecule is c1ccc(-c2cc(-c3cccc4c3sc3ccccc34)cc(N(c3ccc(-c4ccccc4-c4ccccc4)cc3)c3cccc4sc5ccccc5c34)c2)cc1. The maximum atomic E-state index is 2.48. The maximum absolute atomic E-state index is 2.48. The van der Waals surface area contributed by atoms with E-state index in [4.69, 9.17) is 0 Å². The molecule has 0 saturated heterocycles. The minimum absolute atomic E-state index is 1.11. The molecular weight excluding hydrogens is 727 g/mol. The molecule has 0 aliphatic rings. The molecule has 2 heterocycles. The van der Waals surface area contributed by atoms with Gasteiger partial charge in [0.15, 0.2) is 0 Å². The molecule has 0 N–H and O–H groups in total. The van der Waals surface area contributed by atoms with Crippen molar-refractivity contribution in [3.05, 3.63) is 212 Å². The molecule has 11 rings (SSSR count). The quantitative estimate of drug-likeness (QED) is 0.156. The largest absolute Gasteiger partial charge is 0.310 e. The summed E-state index contributed by atoms with van der Waals surface area (Å²) in [4.78, 5) is 2.48. The third kappa shape index (κ3) is 5.91. The molecule has 0 spiro atoms. The van der Waals surface area contributed by atoms with Crippen molar-refractivity contribution in [3.63, 3.8) is 0 Å². The van der Waals surface area contributed by atoms with Gasteiger partial charge in [0.25, 0.3) is 0 Å². The van der Waals surface area contributed by atoms with Gasteiger partial charge in [0, 0.05) is 51.7 Å². The molecule has 0 fully saturated rings. The summed E-state index contributed by atoms with van der Waals surface area (Å²) in [5, 5.41) is 5.17. The van der Waals surface area contributed by atoms with E-state index in [2.05, 4.69) is 217 Å². The van der Waals surface area contributed by atoms with Gasteiger partial charge in [0.2, 0.25) is 0 Å². The Morgan fingerprint density at radius 1 is 0.298 bits per heavy atom. The number of rotatable bonds is 7. The zero-order chi connectivity index (χ0) is 37.7. The standard InChI is InChI=1S/C54H35NS2/c1-3-15-36(16-4-1)39-33-40(45-23-13-24-47-46-21-9-11-26-50(46)57-54(45)47)35-42(34-39)55(49-25-14-28-52-53(49)48-22-10-12-27-51(48)56-52)41-31-29-38(30-32-41)44-20-8-7-19-43(44)37-17-5-2-6-18-37/h1-35H. The molecule has 0 amide bonds. The number of hydrogen-bond acceptors (Lipinski definition) is 3. The van der Waals surface area contributed by atoms with E-state index >= 15 is 0 Å². The van der Waals surface area contributed by atoms with E-state index in [1.165, 1.54) is 90.5 Å². The lowest BCUT2D eigenvalue weighted by Gasteiger charge is -2.28. The molecule has 11 aromatic rings. The van der Waals surface area contributed by atoms with Crippen molar-refractivity contribution in [2.45, 2.75) is 0 Å². The molecule has 0 saturated carbocycles. The fourth-order valence-corrected chi connectivity index (χ4v) is 10.8. The van der Waals surface area contributed by atoms with Crippen LogP contribution in [0.5, 0.6) is 0 Å². The number of fused-ring (bicyclic) bond motifs is 6. The average Bonchev–Trinajstić information content (AvgIpc) is 3.86. The van der Waals surface area contributed by atoms with Gasteiger partial charge in [-0.2, -0.15) is 0 Å². The van der Waals surface area contributed by atoms with E-state index in [-0.39, 0.29) is 0 Å². The maximum Gasteiger partial charge on any atom is 0.0554 e. The zero-order valence-corrected chi connectivity index (χ0v) is 32.6. The number of nitrogens with zero attached hydrogens (tertiary/aromatic N) is 1. The molecule has 0 aliphatic carbocycles. The molecule has 0 atom stereocenters. The van der Waals surface area contributed by atoms with Gasteiger partial charge < -0.3 is 4.90 Å². The van der Waals surface area contributed by atoms with E-state index in [1.54, 1.807) is 0 Å². The van der Waals surface area contributed by atoms with E-state index in [1.807, 2.05) is 22.7 Å². The minimum Gasteiger partial charge on any atom is -0.310 e. The van der Waals surface area contributed by atoms with Crippen molar-refractivity contribution >= 4 is 80.1 Å². The summed E-state index contributed by atoms with van der Waals surface area (Å²) < 4.78 is 5.20. The van der Waals surface area contributed by atoms with E-state index in [0.717, 1.165) is 11.4 Å². The number of hydrogen-bond donors (Lipinski definition) is 0. The van der Waals surface area contributed by atoms with Crippen LogP contribution in [0.25, 0.3) is 84.9 Å². The molecule has 268 valence electrons. The van der Waals surface area contributed by atoms with Crippen molar-refractivity contribution in [1.29, 1.82) is 0 Å². The van der Waals surface area contributed by atoms with Crippen molar-refractivity contribution in [2.24, 2.45) is 0 Å². The molecule has 3 heteroatoms. The van der Waals surface area contributed by atoms with Gasteiger partial charge in [0.05, 0.1) is 5.69 Å². The van der Waals surface area contributed by atoms with E-state index < -0.39 is 0 Å². The average molecular weight is 762 g/mol. The van der Waals surface area contributed by atoms with Crippen LogP contribution < -0.4 is 4.90 Å². The van der Waals surface area contributed by atoms with Crippen molar-refractivity contribution < 1.29 is 0 Å². The Morgan fingerprint density at radius 2 is 0.842 bits per heavy atom. The topological polar surface area (TPSA) is 3.24 Å². The normalized spacial score (nSPS) is 11.5. The highest BCUT2D eigenvalue weighted by molar-refractivity contribution is 7.26. The highest BCUT2D eigenvalue weighted by Gasteiger charge is 2.21. The highest BCUT2D eigenvalue weighted by atomic mass is 32.1. The Bertz CT molecular complexity index is 3230. The van der Waals surface area contributed by atoms with Gasteiger partial charge in [-0.15, -0.1) is 22.7 Å². The first-order valence-corrected chi connectivity index (χ1v) is 21.0. The Balaban J connectivity index is 1.16. The van der Waals surface area contributed by atoms with Crippen LogP contribution in [0.2, 0.25) is 0 Å². The monoisotopic (exact) mass is 761 g/mol. The second-order valence-corrected chi connectivity index (χ2v) is 16.6. The zero-order valence-electron chi connectivity index (χ0n) is 31.0. The van der Waals surface area contributed by atoms with Crippen LogP contribution >= 0.6 is 22.7 Å². The number of benzene rings is 9. The predicted molar refractivity (Wildman–Crippen MR) is 249 cm³/mol. The smallest absolute Gasteiger partial charge is 0.0554 e. The predicted octanol–water partition coefficient (Wildman–Crippen LogP) is 16.6. The van der Waals surface area contributed by atoms with Crippen LogP contribution in [0.15, 0.2) is 212 Å². The summed E-state index contributed by atoms with van der Waals surface area (Å²) in [6.07, 6.45) is 0. The van der Waals surface area contributed by atoms with Crippen molar-refractivity contribution in [3.8, 4) is 44.5 Å². The third-order valence-electron chi connectivity index (χ3n) is 11.1. The van der Waals surface area contributed by atoms with E-state index in [9.17, 15) is 0 Å². The molecule has 9 aromatic carbocycles. The van der Waals surface area contributed by atoms with Gasteiger partial charge in [-0.05, 0) is 99.1 Å². The Hall–Kier alpha value is -6.78. The summed E-state index contributed by atoms with van der Waals surface area (Å²) in [5.74, 6) is 0. The second kappa shape index (κ2) is 14.1. The number of anilines is 3. The van der Waals surface area contributed by atoms with Crippen LogP contribution in [-0.4, -0.2) is 0 Å². The lowest BCUT2D eigenvalue weighted by molar-refractivity contribution is 1.30. The van der Waals surface area contributed by atoms with Gasteiger partial charge in [-0.3, -0.25) is 0 Å². The van der Waals surface area contributed by atoms with Crippen LogP contribution in [0.1, 0.15) is 0 Å². The van der Waals surface area contributed by atoms with Crippen LogP contribution in [-0.2, 0) is 0 Å². The molecular formula is C54H35NS2. The molecule has 0 unspecified atom stereocenters. The molecule has 57 heavy (non-hydrogen) atoms. The van der Waals surface area contributed by atoms with Crippen LogP contribution in [0.4, 0.5) is 17.1 Å². The van der Waals surface area contributed by atoms with Crippen LogP contribution in [0.3, 0.4) is 0 Å². The molecule has 1 nitrogen and oxygen atoms in total. The first-order valence-electron chi connectivity index (χ1n) is 19.3. The van der Waals surface area contributed by atoms with E-state index in [0.29, 0.717) is 0 Å². The lowest BCUT2D eigenvalue weighted by atomic mass is 9.94. The third-order valence-corrected chi connectivity index (χ3v) is 13.4. The lowest BCUT2D eigenvalue weighted by Crippen LogP contribution is -2.11. The van der Waals surface area contributed by atoms with Crippen molar-refractivity contribution in [2.75, 3.05) is 4.90 Å². The highest BCUT2D eigenvalue weighted by Crippen LogP contribution is 2.48. The van der Waals surface area contributed by atoms with Crippen LogP contribution in [0, 0.1) is 0 Å². The fraction of sp³-hybridized carbons (Fsp3) is 0. The van der Waals surface area contributed by atoms with Gasteiger partial charge in [0.1, 0.15) is 0 Å². The Kier molecular flexibility index (Phi) is 8.28. The first kappa shape index (κ1) is 33.5. The minimum atomic E-state index is 1.11. The Labute approximate surface area is 340 Å². The Morgan fingerprint density at radius 3 is 1.60 bits per heavy atom. The van der Waals surface area contributed by atoms with Crippen molar-refractivity contribution in [1.82, 2.24) is 0 Å². The van der Waals surface area contributed by atoms with Gasteiger partial charge in [-0.1, -0.05) is 158 Å². The molecule has 2 aromatic heterocycles. The molecule has 0 bridgehead atoms. The summed E-state index contributed by atoms with van der Waals surface area (Å²) in [6, 6.07) is 77.7. The fourth-order valence-electron chi connectivity index (χ4n) is 8.43. The second-order valence-electron chi connectivity index (χ2n) is 14.5. The summed E-state index contributed by atoms with van der Waals surface area (Å²) in [5.41, 5.74) is 13.1. The number of thiophene rings is 2. The first-order chi connectivity index (χ1) is 28.3. The summed E-state index contributed by atoms with van der Waals surface area (Å²) in [6.45, 7) is 0. The molecule has 0 radical (unpaired) electrons. The summed E-state index contributed by atoms with van der Waals surface area (Å²) in [7, 11) is 0. The van der Waals surface area contributed by atoms with Gasteiger partial charge >= 0.3 is 0 Å².